The summed E-state index contributed by atoms with van der Waals surface area (Å²) in [4.78, 5) is 18.3. The van der Waals surface area contributed by atoms with Crippen molar-refractivity contribution in [2.75, 3.05) is 30.8 Å². The molecule has 25 heavy (non-hydrogen) atoms. The Morgan fingerprint density at radius 2 is 2.00 bits per heavy atom. The Hall–Kier alpha value is -1.65. The van der Waals surface area contributed by atoms with Crippen molar-refractivity contribution in [3.8, 4) is 0 Å². The molecule has 1 aliphatic rings. The third kappa shape index (κ3) is 3.96. The normalized spacial score (nSPS) is 17.7. The van der Waals surface area contributed by atoms with Gasteiger partial charge in [-0.25, -0.2) is 0 Å². The van der Waals surface area contributed by atoms with Crippen LogP contribution in [-0.4, -0.2) is 42.7 Å². The highest BCUT2D eigenvalue weighted by molar-refractivity contribution is 7.98. The second-order valence-corrected chi connectivity index (χ2v) is 7.77. The van der Waals surface area contributed by atoms with Gasteiger partial charge in [0.05, 0.1) is 10.6 Å². The highest BCUT2D eigenvalue weighted by atomic mass is 35.5. The average Bonchev–Trinajstić information content (AvgIpc) is 2.61. The molecule has 0 saturated carbocycles. The fourth-order valence-electron chi connectivity index (χ4n) is 3.30. The van der Waals surface area contributed by atoms with Gasteiger partial charge in [-0.3, -0.25) is 4.79 Å². The molecular formula is C20H23ClN2OS. The molecule has 0 N–H and O–H groups in total. The monoisotopic (exact) mass is 374 g/mol. The first kappa shape index (κ1) is 18.2. The molecule has 2 aromatic carbocycles. The summed E-state index contributed by atoms with van der Waals surface area (Å²) in [5.41, 5.74) is 3.08. The molecule has 0 aromatic heterocycles. The van der Waals surface area contributed by atoms with Gasteiger partial charge in [-0.2, -0.15) is 0 Å². The SMILES string of the molecule is CSc1ccc(Cl)c(C(=O)N2CCN(c3cccc(C)c3)[C@H](C)C2)c1. The van der Waals surface area contributed by atoms with E-state index in [4.69, 9.17) is 11.6 Å². The number of aryl methyl sites for hydroxylation is 1. The summed E-state index contributed by atoms with van der Waals surface area (Å²) in [6, 6.07) is 14.5. The van der Waals surface area contributed by atoms with E-state index in [-0.39, 0.29) is 11.9 Å². The molecule has 1 saturated heterocycles. The van der Waals surface area contributed by atoms with Crippen molar-refractivity contribution in [1.82, 2.24) is 4.90 Å². The molecule has 0 bridgehead atoms. The Bertz CT molecular complexity index is 780. The number of nitrogens with zero attached hydrogens (tertiary/aromatic N) is 2. The van der Waals surface area contributed by atoms with Crippen LogP contribution in [0.15, 0.2) is 47.4 Å². The quantitative estimate of drug-likeness (QED) is 0.726. The molecule has 1 amide bonds. The Labute approximate surface area is 159 Å². The predicted molar refractivity (Wildman–Crippen MR) is 107 cm³/mol. The lowest BCUT2D eigenvalue weighted by atomic mass is 10.1. The second kappa shape index (κ2) is 7.71. The van der Waals surface area contributed by atoms with Crippen molar-refractivity contribution in [2.24, 2.45) is 0 Å². The zero-order chi connectivity index (χ0) is 18.0. The van der Waals surface area contributed by atoms with Crippen molar-refractivity contribution in [2.45, 2.75) is 24.8 Å². The highest BCUT2D eigenvalue weighted by Gasteiger charge is 2.28. The fraction of sp³-hybridized carbons (Fsp3) is 0.350. The summed E-state index contributed by atoms with van der Waals surface area (Å²) >= 11 is 7.90. The van der Waals surface area contributed by atoms with E-state index < -0.39 is 0 Å². The van der Waals surface area contributed by atoms with Crippen molar-refractivity contribution in [3.05, 3.63) is 58.6 Å². The van der Waals surface area contributed by atoms with Gasteiger partial charge in [-0.1, -0.05) is 23.7 Å². The van der Waals surface area contributed by atoms with E-state index in [0.29, 0.717) is 23.7 Å². The molecular weight excluding hydrogens is 352 g/mol. The molecule has 2 aromatic rings. The van der Waals surface area contributed by atoms with Crippen LogP contribution in [0.1, 0.15) is 22.8 Å². The van der Waals surface area contributed by atoms with E-state index in [1.807, 2.05) is 29.4 Å². The Morgan fingerprint density at radius 3 is 2.68 bits per heavy atom. The number of amides is 1. The van der Waals surface area contributed by atoms with Crippen molar-refractivity contribution >= 4 is 35.0 Å². The molecule has 1 heterocycles. The van der Waals surface area contributed by atoms with Crippen LogP contribution >= 0.6 is 23.4 Å². The zero-order valence-corrected chi connectivity index (χ0v) is 16.4. The molecule has 1 atom stereocenters. The van der Waals surface area contributed by atoms with E-state index >= 15 is 0 Å². The molecule has 1 fully saturated rings. The summed E-state index contributed by atoms with van der Waals surface area (Å²) in [6.45, 7) is 6.51. The van der Waals surface area contributed by atoms with Crippen molar-refractivity contribution < 1.29 is 4.79 Å². The molecule has 0 aliphatic carbocycles. The fourth-order valence-corrected chi connectivity index (χ4v) is 3.94. The predicted octanol–water partition coefficient (Wildman–Crippen LogP) is 4.72. The van der Waals surface area contributed by atoms with Crippen LogP contribution in [0.5, 0.6) is 0 Å². The lowest BCUT2D eigenvalue weighted by molar-refractivity contribution is 0.0726. The summed E-state index contributed by atoms with van der Waals surface area (Å²) in [6.07, 6.45) is 2.00. The van der Waals surface area contributed by atoms with E-state index in [9.17, 15) is 4.79 Å². The average molecular weight is 375 g/mol. The molecule has 5 heteroatoms. The van der Waals surface area contributed by atoms with Crippen LogP contribution in [0, 0.1) is 6.92 Å². The standard InChI is InChI=1S/C20H23ClN2OS/c1-14-5-4-6-16(11-14)23-10-9-22(13-15(23)2)20(24)18-12-17(25-3)7-8-19(18)21/h4-8,11-12,15H,9-10,13H2,1-3H3/t15-/m1/s1. The van der Waals surface area contributed by atoms with Crippen LogP contribution in [0.25, 0.3) is 0 Å². The van der Waals surface area contributed by atoms with Crippen LogP contribution in [-0.2, 0) is 0 Å². The van der Waals surface area contributed by atoms with Crippen LogP contribution in [0.4, 0.5) is 5.69 Å². The topological polar surface area (TPSA) is 23.6 Å². The molecule has 3 nitrogen and oxygen atoms in total. The number of halogens is 1. The van der Waals surface area contributed by atoms with Gasteiger partial charge in [-0.15, -0.1) is 11.8 Å². The van der Waals surface area contributed by atoms with Gasteiger partial charge in [-0.05, 0) is 56.0 Å². The van der Waals surface area contributed by atoms with Gasteiger partial charge < -0.3 is 9.80 Å². The number of thioether (sulfide) groups is 1. The number of anilines is 1. The van der Waals surface area contributed by atoms with Gasteiger partial charge in [0, 0.05) is 36.3 Å². The minimum absolute atomic E-state index is 0.0247. The summed E-state index contributed by atoms with van der Waals surface area (Å²) in [5, 5.41) is 0.525. The molecule has 0 radical (unpaired) electrons. The Balaban J connectivity index is 1.75. The Morgan fingerprint density at radius 1 is 1.20 bits per heavy atom. The number of carbonyl (C=O) groups excluding carboxylic acids is 1. The maximum atomic E-state index is 12.9. The number of hydrogen-bond acceptors (Lipinski definition) is 3. The summed E-state index contributed by atoms with van der Waals surface area (Å²) in [7, 11) is 0. The van der Waals surface area contributed by atoms with E-state index in [1.54, 1.807) is 11.8 Å². The molecule has 0 spiro atoms. The lowest BCUT2D eigenvalue weighted by Gasteiger charge is -2.41. The van der Waals surface area contributed by atoms with Gasteiger partial charge in [0.2, 0.25) is 0 Å². The minimum atomic E-state index is 0.0247. The molecule has 1 aliphatic heterocycles. The zero-order valence-electron chi connectivity index (χ0n) is 14.8. The number of hydrogen-bond donors (Lipinski definition) is 0. The van der Waals surface area contributed by atoms with Gasteiger partial charge >= 0.3 is 0 Å². The summed E-state index contributed by atoms with van der Waals surface area (Å²) in [5.74, 6) is 0.0247. The first-order valence-corrected chi connectivity index (χ1v) is 10.1. The van der Waals surface area contributed by atoms with Crippen LogP contribution < -0.4 is 4.90 Å². The Kier molecular flexibility index (Phi) is 5.60. The third-order valence-electron chi connectivity index (χ3n) is 4.65. The number of piperazine rings is 1. The van der Waals surface area contributed by atoms with Crippen molar-refractivity contribution in [1.29, 1.82) is 0 Å². The van der Waals surface area contributed by atoms with E-state index in [0.717, 1.165) is 11.4 Å². The van der Waals surface area contributed by atoms with Crippen molar-refractivity contribution in [3.63, 3.8) is 0 Å². The van der Waals surface area contributed by atoms with E-state index in [1.165, 1.54) is 11.3 Å². The third-order valence-corrected chi connectivity index (χ3v) is 5.71. The summed E-state index contributed by atoms with van der Waals surface area (Å²) < 4.78 is 0. The van der Waals surface area contributed by atoms with Crippen LogP contribution in [0.2, 0.25) is 5.02 Å². The molecule has 132 valence electrons. The first-order valence-electron chi connectivity index (χ1n) is 8.45. The molecule has 0 unspecified atom stereocenters. The largest absolute Gasteiger partial charge is 0.365 e. The minimum Gasteiger partial charge on any atom is -0.365 e. The number of rotatable bonds is 3. The van der Waals surface area contributed by atoms with Gasteiger partial charge in [0.25, 0.3) is 5.91 Å². The number of carbonyl (C=O) groups is 1. The smallest absolute Gasteiger partial charge is 0.255 e. The first-order chi connectivity index (χ1) is 12.0. The lowest BCUT2D eigenvalue weighted by Crippen LogP contribution is -2.53. The maximum absolute atomic E-state index is 12.9. The number of benzene rings is 2. The second-order valence-electron chi connectivity index (χ2n) is 6.48. The van der Waals surface area contributed by atoms with Gasteiger partial charge in [0.1, 0.15) is 0 Å². The highest BCUT2D eigenvalue weighted by Crippen LogP contribution is 2.26. The maximum Gasteiger partial charge on any atom is 0.255 e. The molecule has 3 rings (SSSR count). The van der Waals surface area contributed by atoms with E-state index in [2.05, 4.69) is 43.0 Å². The van der Waals surface area contributed by atoms with Crippen LogP contribution in [0.3, 0.4) is 0 Å². The van der Waals surface area contributed by atoms with Gasteiger partial charge in [0.15, 0.2) is 0 Å².